The number of fused-ring (bicyclic) bond motifs is 1. The lowest BCUT2D eigenvalue weighted by atomic mass is 10.1. The van der Waals surface area contributed by atoms with Gasteiger partial charge in [0.05, 0.1) is 16.3 Å². The zero-order valence-corrected chi connectivity index (χ0v) is 16.8. The molecule has 0 atom stereocenters. The first-order valence-corrected chi connectivity index (χ1v) is 9.18. The Bertz CT molecular complexity index is 1040. The number of rotatable bonds is 3. The molecular weight excluding hydrogens is 402 g/mol. The van der Waals surface area contributed by atoms with Crippen molar-refractivity contribution >= 4 is 52.3 Å². The molecule has 0 aliphatic carbocycles. The zero-order valence-electron chi connectivity index (χ0n) is 15.2. The van der Waals surface area contributed by atoms with Gasteiger partial charge >= 0.3 is 0 Å². The van der Waals surface area contributed by atoms with Gasteiger partial charge in [0.25, 0.3) is 5.91 Å². The Kier molecular flexibility index (Phi) is 6.01. The monoisotopic (exact) mass is 420 g/mol. The van der Waals surface area contributed by atoms with Crippen molar-refractivity contribution in [3.8, 4) is 0 Å². The molecule has 1 fully saturated rings. The Hall–Kier alpha value is -2.44. The lowest BCUT2D eigenvalue weighted by Crippen LogP contribution is -2.28. The zero-order chi connectivity index (χ0) is 19.0. The molecule has 1 aliphatic rings. The average molecular weight is 421 g/mol. The Balaban J connectivity index is 0.00000225. The van der Waals surface area contributed by atoms with Crippen LogP contribution in [0.1, 0.15) is 28.9 Å². The fourth-order valence-electron chi connectivity index (χ4n) is 3.28. The van der Waals surface area contributed by atoms with Gasteiger partial charge in [0, 0.05) is 36.1 Å². The predicted octanol–water partition coefficient (Wildman–Crippen LogP) is 5.13. The summed E-state index contributed by atoms with van der Waals surface area (Å²) in [6.07, 6.45) is 3.54. The van der Waals surface area contributed by atoms with Crippen LogP contribution in [-0.4, -0.2) is 33.9 Å². The van der Waals surface area contributed by atoms with E-state index in [0.717, 1.165) is 31.6 Å². The van der Waals surface area contributed by atoms with Crippen LogP contribution < -0.4 is 5.32 Å². The predicted molar refractivity (Wildman–Crippen MR) is 111 cm³/mol. The van der Waals surface area contributed by atoms with Gasteiger partial charge in [-0.1, -0.05) is 11.6 Å². The summed E-state index contributed by atoms with van der Waals surface area (Å²) in [5, 5.41) is 3.94. The maximum Gasteiger partial charge on any atom is 0.257 e. The molecule has 0 saturated carbocycles. The third-order valence-electron chi connectivity index (χ3n) is 4.68. The van der Waals surface area contributed by atoms with Gasteiger partial charge in [-0.25, -0.2) is 14.4 Å². The molecule has 3 aromatic rings. The number of aromatic nitrogens is 2. The molecule has 28 heavy (non-hydrogen) atoms. The van der Waals surface area contributed by atoms with Gasteiger partial charge in [-0.05, 0) is 50.1 Å². The summed E-state index contributed by atoms with van der Waals surface area (Å²) in [5.41, 5.74) is 2.89. The first-order valence-electron chi connectivity index (χ1n) is 8.80. The molecule has 0 spiro atoms. The number of halogens is 3. The highest BCUT2D eigenvalue weighted by Crippen LogP contribution is 2.31. The van der Waals surface area contributed by atoms with Gasteiger partial charge in [-0.2, -0.15) is 0 Å². The number of nitrogens with zero attached hydrogens (tertiary/aromatic N) is 3. The highest BCUT2D eigenvalue weighted by Gasteiger charge is 2.24. The summed E-state index contributed by atoms with van der Waals surface area (Å²) >= 11 is 5.78. The molecule has 0 bridgehead atoms. The standard InChI is InChI=1S/C20H18ClFN4O.ClH/c1-12-4-6-14-18(25-13-5-7-16(21)17(22)10-13)15(11-23-19(14)24-12)20(27)26-8-2-3-9-26;/h4-7,10-11H,2-3,8-9H2,1H3,(H,23,24,25);1H. The van der Waals surface area contributed by atoms with Crippen molar-refractivity contribution in [2.75, 3.05) is 18.4 Å². The van der Waals surface area contributed by atoms with E-state index in [9.17, 15) is 9.18 Å². The van der Waals surface area contributed by atoms with E-state index in [-0.39, 0.29) is 23.3 Å². The van der Waals surface area contributed by atoms with E-state index in [1.165, 1.54) is 12.1 Å². The number of likely N-dealkylation sites (tertiary alicyclic amines) is 1. The average Bonchev–Trinajstić information content (AvgIpc) is 3.19. The molecule has 1 aliphatic heterocycles. The second-order valence-corrected chi connectivity index (χ2v) is 7.03. The van der Waals surface area contributed by atoms with E-state index >= 15 is 0 Å². The number of aryl methyl sites for hydroxylation is 1. The third-order valence-corrected chi connectivity index (χ3v) is 4.99. The molecule has 146 valence electrons. The topological polar surface area (TPSA) is 58.1 Å². The van der Waals surface area contributed by atoms with Crippen molar-refractivity contribution in [1.82, 2.24) is 14.9 Å². The molecule has 0 unspecified atom stereocenters. The molecule has 2 aromatic heterocycles. The van der Waals surface area contributed by atoms with E-state index in [1.807, 2.05) is 24.0 Å². The summed E-state index contributed by atoms with van der Waals surface area (Å²) in [6.45, 7) is 3.35. The van der Waals surface area contributed by atoms with E-state index in [0.29, 0.717) is 28.0 Å². The van der Waals surface area contributed by atoms with Crippen LogP contribution in [0.25, 0.3) is 11.0 Å². The van der Waals surface area contributed by atoms with Crippen LogP contribution >= 0.6 is 24.0 Å². The summed E-state index contributed by atoms with van der Waals surface area (Å²) in [5.74, 6) is -0.610. The minimum Gasteiger partial charge on any atom is -0.354 e. The minimum absolute atomic E-state index is 0. The largest absolute Gasteiger partial charge is 0.354 e. The van der Waals surface area contributed by atoms with Crippen LogP contribution in [0.2, 0.25) is 5.02 Å². The van der Waals surface area contributed by atoms with Gasteiger partial charge in [0.2, 0.25) is 0 Å². The number of hydrogen-bond donors (Lipinski definition) is 1. The van der Waals surface area contributed by atoms with Crippen LogP contribution in [0.15, 0.2) is 36.5 Å². The van der Waals surface area contributed by atoms with E-state index in [4.69, 9.17) is 11.6 Å². The smallest absolute Gasteiger partial charge is 0.257 e. The third kappa shape index (κ3) is 3.88. The van der Waals surface area contributed by atoms with Gasteiger partial charge in [0.15, 0.2) is 5.65 Å². The molecule has 1 N–H and O–H groups in total. The molecular formula is C20H19Cl2FN4O. The normalized spacial score (nSPS) is 13.5. The van der Waals surface area contributed by atoms with Gasteiger partial charge < -0.3 is 10.2 Å². The fraction of sp³-hybridized carbons (Fsp3) is 0.250. The van der Waals surface area contributed by atoms with Crippen LogP contribution in [0.5, 0.6) is 0 Å². The van der Waals surface area contributed by atoms with E-state index in [1.54, 1.807) is 12.3 Å². The van der Waals surface area contributed by atoms with Crippen LogP contribution in [0.4, 0.5) is 15.8 Å². The molecule has 1 amide bonds. The molecule has 0 radical (unpaired) electrons. The summed E-state index contributed by atoms with van der Waals surface area (Å²) in [4.78, 5) is 23.6. The van der Waals surface area contributed by atoms with Crippen molar-refractivity contribution in [1.29, 1.82) is 0 Å². The first-order chi connectivity index (χ1) is 13.0. The minimum atomic E-state index is -0.526. The van der Waals surface area contributed by atoms with Gasteiger partial charge in [-0.3, -0.25) is 4.79 Å². The van der Waals surface area contributed by atoms with Crippen molar-refractivity contribution in [2.24, 2.45) is 0 Å². The lowest BCUT2D eigenvalue weighted by molar-refractivity contribution is 0.0793. The number of benzene rings is 1. The van der Waals surface area contributed by atoms with E-state index in [2.05, 4.69) is 15.3 Å². The van der Waals surface area contributed by atoms with Crippen LogP contribution in [0, 0.1) is 12.7 Å². The van der Waals surface area contributed by atoms with Crippen molar-refractivity contribution in [3.05, 3.63) is 58.6 Å². The van der Waals surface area contributed by atoms with Gasteiger partial charge in [0.1, 0.15) is 5.82 Å². The number of pyridine rings is 2. The van der Waals surface area contributed by atoms with Crippen molar-refractivity contribution < 1.29 is 9.18 Å². The van der Waals surface area contributed by atoms with Crippen LogP contribution in [-0.2, 0) is 0 Å². The quantitative estimate of drug-likeness (QED) is 0.637. The number of anilines is 2. The number of nitrogens with one attached hydrogen (secondary N) is 1. The second-order valence-electron chi connectivity index (χ2n) is 6.62. The molecule has 1 saturated heterocycles. The number of carbonyl (C=O) groups is 1. The van der Waals surface area contributed by atoms with E-state index < -0.39 is 5.82 Å². The fourth-order valence-corrected chi connectivity index (χ4v) is 3.40. The Morgan fingerprint density at radius 2 is 1.96 bits per heavy atom. The molecule has 4 rings (SSSR count). The summed E-state index contributed by atoms with van der Waals surface area (Å²) < 4.78 is 13.9. The maximum absolute atomic E-state index is 13.9. The molecule has 3 heterocycles. The number of carbonyl (C=O) groups excluding carboxylic acids is 1. The molecule has 8 heteroatoms. The van der Waals surface area contributed by atoms with Crippen molar-refractivity contribution in [2.45, 2.75) is 19.8 Å². The SMILES string of the molecule is Cc1ccc2c(Nc3ccc(Cl)c(F)c3)c(C(=O)N3CCCC3)cnc2n1.Cl. The Morgan fingerprint density at radius 3 is 2.68 bits per heavy atom. The molecule has 5 nitrogen and oxygen atoms in total. The maximum atomic E-state index is 13.9. The summed E-state index contributed by atoms with van der Waals surface area (Å²) in [7, 11) is 0. The molecule has 1 aromatic carbocycles. The first kappa shape index (κ1) is 20.3. The lowest BCUT2D eigenvalue weighted by Gasteiger charge is -2.19. The highest BCUT2D eigenvalue weighted by molar-refractivity contribution is 6.30. The number of amides is 1. The number of hydrogen-bond acceptors (Lipinski definition) is 4. The van der Waals surface area contributed by atoms with Gasteiger partial charge in [-0.15, -0.1) is 12.4 Å². The van der Waals surface area contributed by atoms with Crippen LogP contribution in [0.3, 0.4) is 0 Å². The summed E-state index contributed by atoms with van der Waals surface area (Å²) in [6, 6.07) is 8.19. The highest BCUT2D eigenvalue weighted by atomic mass is 35.5. The van der Waals surface area contributed by atoms with Crippen molar-refractivity contribution in [3.63, 3.8) is 0 Å². The Labute approximate surface area is 173 Å². The Morgan fingerprint density at radius 1 is 1.21 bits per heavy atom. The second kappa shape index (κ2) is 8.29.